The molecule has 0 heterocycles. The molecule has 0 saturated carbocycles. The summed E-state index contributed by atoms with van der Waals surface area (Å²) < 4.78 is 26.6. The van der Waals surface area contributed by atoms with E-state index in [1.165, 1.54) is 6.07 Å². The second-order valence-electron chi connectivity index (χ2n) is 6.27. The molecule has 0 fully saturated rings. The number of benzene rings is 2. The summed E-state index contributed by atoms with van der Waals surface area (Å²) in [5.74, 6) is -2.70. The van der Waals surface area contributed by atoms with Crippen LogP contribution in [0.25, 0.3) is 0 Å². The van der Waals surface area contributed by atoms with Crippen molar-refractivity contribution >= 4 is 5.97 Å². The second-order valence-corrected chi connectivity index (χ2v) is 6.27. The fourth-order valence-electron chi connectivity index (χ4n) is 2.51. The van der Waals surface area contributed by atoms with Crippen LogP contribution in [0.3, 0.4) is 0 Å². The minimum Gasteiger partial charge on any atom is -0.478 e. The Morgan fingerprint density at radius 2 is 1.64 bits per heavy atom. The van der Waals surface area contributed by atoms with Crippen LogP contribution in [0, 0.1) is 11.6 Å². The molecule has 0 aliphatic heterocycles. The molecule has 2 rings (SSSR count). The largest absolute Gasteiger partial charge is 0.478 e. The molecule has 0 unspecified atom stereocenters. The number of rotatable bonds is 8. The van der Waals surface area contributed by atoms with Gasteiger partial charge in [-0.15, -0.1) is 0 Å². The van der Waals surface area contributed by atoms with Gasteiger partial charge in [-0.2, -0.15) is 0 Å². The van der Waals surface area contributed by atoms with Crippen LogP contribution in [-0.4, -0.2) is 48.1 Å². The maximum absolute atomic E-state index is 13.4. The Bertz CT molecular complexity index is 735. The number of carbonyl (C=O) groups is 1. The molecule has 6 heteroatoms. The van der Waals surface area contributed by atoms with E-state index in [2.05, 4.69) is 4.90 Å². The van der Waals surface area contributed by atoms with Crippen LogP contribution in [0.1, 0.15) is 21.5 Å². The first kappa shape index (κ1) is 19.0. The number of hydrogen-bond acceptors (Lipinski definition) is 3. The Hall–Kier alpha value is -2.31. The van der Waals surface area contributed by atoms with E-state index in [0.29, 0.717) is 25.2 Å². The summed E-state index contributed by atoms with van der Waals surface area (Å²) in [6.45, 7) is 2.47. The molecular formula is C19H22F2N2O2. The number of hydrogen-bond donors (Lipinski definition) is 1. The molecule has 2 aromatic carbocycles. The van der Waals surface area contributed by atoms with E-state index in [1.807, 2.05) is 25.1 Å². The van der Waals surface area contributed by atoms with Crippen LogP contribution in [0.5, 0.6) is 0 Å². The maximum Gasteiger partial charge on any atom is 0.335 e. The quantitative estimate of drug-likeness (QED) is 0.795. The highest BCUT2D eigenvalue weighted by atomic mass is 19.2. The van der Waals surface area contributed by atoms with Crippen molar-refractivity contribution in [2.45, 2.75) is 13.1 Å². The minimum absolute atomic E-state index is 0.234. The molecular weight excluding hydrogens is 326 g/mol. The third kappa shape index (κ3) is 5.92. The Morgan fingerprint density at radius 3 is 2.24 bits per heavy atom. The van der Waals surface area contributed by atoms with Gasteiger partial charge in [0.1, 0.15) is 0 Å². The van der Waals surface area contributed by atoms with E-state index in [1.54, 1.807) is 24.3 Å². The molecule has 4 nitrogen and oxygen atoms in total. The number of aromatic carboxylic acids is 1. The van der Waals surface area contributed by atoms with Crippen molar-refractivity contribution in [3.05, 3.63) is 70.8 Å². The van der Waals surface area contributed by atoms with Gasteiger partial charge >= 0.3 is 5.97 Å². The van der Waals surface area contributed by atoms with E-state index in [9.17, 15) is 13.6 Å². The van der Waals surface area contributed by atoms with Gasteiger partial charge in [0, 0.05) is 26.2 Å². The van der Waals surface area contributed by atoms with Gasteiger partial charge in [0.15, 0.2) is 11.6 Å². The Kier molecular flexibility index (Phi) is 6.61. The van der Waals surface area contributed by atoms with Crippen LogP contribution in [0.4, 0.5) is 8.78 Å². The molecule has 0 saturated heterocycles. The number of halogens is 2. The zero-order chi connectivity index (χ0) is 18.4. The first-order chi connectivity index (χ1) is 11.8. The van der Waals surface area contributed by atoms with Gasteiger partial charge < -0.3 is 10.0 Å². The minimum atomic E-state index is -0.970. The Balaban J connectivity index is 2.15. The molecule has 1 N–H and O–H groups in total. The predicted molar refractivity (Wildman–Crippen MR) is 92.4 cm³/mol. The van der Waals surface area contributed by atoms with E-state index in [4.69, 9.17) is 5.11 Å². The topological polar surface area (TPSA) is 43.8 Å². The van der Waals surface area contributed by atoms with Crippen molar-refractivity contribution in [1.29, 1.82) is 0 Å². The molecule has 0 aromatic heterocycles. The lowest BCUT2D eigenvalue weighted by Gasteiger charge is -2.24. The van der Waals surface area contributed by atoms with Crippen molar-refractivity contribution < 1.29 is 18.7 Å². The lowest BCUT2D eigenvalue weighted by molar-refractivity contribution is 0.0696. The standard InChI is InChI=1S/C19H22F2N2O2/c1-22(2)8-9-23(13-15-6-7-17(20)18(21)11-15)12-14-4-3-5-16(10-14)19(24)25/h3-7,10-11H,8-9,12-13H2,1-2H3,(H,24,25). The van der Waals surface area contributed by atoms with Crippen molar-refractivity contribution in [3.8, 4) is 0 Å². The van der Waals surface area contributed by atoms with E-state index >= 15 is 0 Å². The van der Waals surface area contributed by atoms with Crippen LogP contribution in [-0.2, 0) is 13.1 Å². The van der Waals surface area contributed by atoms with E-state index < -0.39 is 17.6 Å². The molecule has 0 spiro atoms. The Labute approximate surface area is 146 Å². The zero-order valence-corrected chi connectivity index (χ0v) is 14.4. The van der Waals surface area contributed by atoms with E-state index in [0.717, 1.165) is 18.2 Å². The van der Waals surface area contributed by atoms with Gasteiger partial charge in [-0.1, -0.05) is 18.2 Å². The van der Waals surface area contributed by atoms with Gasteiger partial charge in [-0.05, 0) is 49.5 Å². The summed E-state index contributed by atoms with van der Waals surface area (Å²) in [4.78, 5) is 15.2. The summed E-state index contributed by atoms with van der Waals surface area (Å²) in [5.41, 5.74) is 1.77. The van der Waals surface area contributed by atoms with Crippen molar-refractivity contribution in [2.75, 3.05) is 27.2 Å². The average molecular weight is 348 g/mol. The molecule has 134 valence electrons. The van der Waals surface area contributed by atoms with Crippen LogP contribution < -0.4 is 0 Å². The fraction of sp³-hybridized carbons (Fsp3) is 0.316. The Morgan fingerprint density at radius 1 is 0.960 bits per heavy atom. The number of carboxylic acid groups (broad SMARTS) is 1. The lowest BCUT2D eigenvalue weighted by atomic mass is 10.1. The van der Waals surface area contributed by atoms with Gasteiger partial charge in [-0.3, -0.25) is 4.90 Å². The highest BCUT2D eigenvalue weighted by Crippen LogP contribution is 2.14. The van der Waals surface area contributed by atoms with Gasteiger partial charge in [-0.25, -0.2) is 13.6 Å². The molecule has 0 atom stereocenters. The monoisotopic (exact) mass is 348 g/mol. The molecule has 0 aliphatic carbocycles. The fourth-order valence-corrected chi connectivity index (χ4v) is 2.51. The highest BCUT2D eigenvalue weighted by molar-refractivity contribution is 5.87. The average Bonchev–Trinajstić information content (AvgIpc) is 2.56. The summed E-state index contributed by atoms with van der Waals surface area (Å²) >= 11 is 0. The first-order valence-corrected chi connectivity index (χ1v) is 7.98. The molecule has 0 amide bonds. The smallest absolute Gasteiger partial charge is 0.335 e. The summed E-state index contributed by atoms with van der Waals surface area (Å²) in [6, 6.07) is 10.6. The normalized spacial score (nSPS) is 11.3. The molecule has 0 bridgehead atoms. The zero-order valence-electron chi connectivity index (χ0n) is 14.4. The molecule has 2 aromatic rings. The maximum atomic E-state index is 13.4. The number of nitrogens with zero attached hydrogens (tertiary/aromatic N) is 2. The molecule has 0 aliphatic rings. The van der Waals surface area contributed by atoms with E-state index in [-0.39, 0.29) is 5.56 Å². The highest BCUT2D eigenvalue weighted by Gasteiger charge is 2.11. The van der Waals surface area contributed by atoms with Crippen molar-refractivity contribution in [2.24, 2.45) is 0 Å². The van der Waals surface area contributed by atoms with Crippen molar-refractivity contribution in [1.82, 2.24) is 9.80 Å². The first-order valence-electron chi connectivity index (χ1n) is 7.98. The number of likely N-dealkylation sites (N-methyl/N-ethyl adjacent to an activating group) is 1. The van der Waals surface area contributed by atoms with Gasteiger partial charge in [0.2, 0.25) is 0 Å². The second kappa shape index (κ2) is 8.69. The van der Waals surface area contributed by atoms with Crippen molar-refractivity contribution in [3.63, 3.8) is 0 Å². The van der Waals surface area contributed by atoms with Crippen LogP contribution in [0.2, 0.25) is 0 Å². The third-order valence-electron chi connectivity index (χ3n) is 3.83. The SMILES string of the molecule is CN(C)CCN(Cc1cccc(C(=O)O)c1)Cc1ccc(F)c(F)c1. The molecule has 25 heavy (non-hydrogen) atoms. The predicted octanol–water partition coefficient (Wildman–Crippen LogP) is 3.23. The van der Waals surface area contributed by atoms with Gasteiger partial charge in [0.05, 0.1) is 5.56 Å². The van der Waals surface area contributed by atoms with Crippen LogP contribution >= 0.6 is 0 Å². The lowest BCUT2D eigenvalue weighted by Crippen LogP contribution is -2.31. The summed E-state index contributed by atoms with van der Waals surface area (Å²) in [6.07, 6.45) is 0. The van der Waals surface area contributed by atoms with Crippen LogP contribution in [0.15, 0.2) is 42.5 Å². The molecule has 0 radical (unpaired) electrons. The summed E-state index contributed by atoms with van der Waals surface area (Å²) in [5, 5.41) is 9.11. The summed E-state index contributed by atoms with van der Waals surface area (Å²) in [7, 11) is 3.92. The third-order valence-corrected chi connectivity index (χ3v) is 3.83. The number of carboxylic acids is 1. The van der Waals surface area contributed by atoms with Gasteiger partial charge in [0.25, 0.3) is 0 Å².